The van der Waals surface area contributed by atoms with E-state index in [0.717, 1.165) is 37.1 Å². The van der Waals surface area contributed by atoms with Gasteiger partial charge < -0.3 is 25.8 Å². The number of anilines is 3. The number of nitrogens with one attached hydrogen (secondary N) is 2. The Morgan fingerprint density at radius 3 is 2.78 bits per heavy atom. The number of methoxy groups -OCH3 is 1. The van der Waals surface area contributed by atoms with Gasteiger partial charge in [0.2, 0.25) is 5.95 Å². The Hall–Kier alpha value is -2.45. The summed E-state index contributed by atoms with van der Waals surface area (Å²) in [4.78, 5) is 8.29. The van der Waals surface area contributed by atoms with Crippen LogP contribution in [0.4, 0.5) is 21.8 Å². The van der Waals surface area contributed by atoms with Gasteiger partial charge in [-0.1, -0.05) is 0 Å². The van der Waals surface area contributed by atoms with E-state index in [4.69, 9.17) is 15.2 Å². The molecule has 2 unspecified atom stereocenters. The normalized spacial score (nSPS) is 19.5. The molecule has 146 valence electrons. The first-order valence-corrected chi connectivity index (χ1v) is 9.17. The zero-order valence-corrected chi connectivity index (χ0v) is 15.5. The van der Waals surface area contributed by atoms with E-state index in [2.05, 4.69) is 20.6 Å². The lowest BCUT2D eigenvalue weighted by Gasteiger charge is -2.27. The molecule has 0 spiro atoms. The Kier molecular flexibility index (Phi) is 6.78. The monoisotopic (exact) mass is 375 g/mol. The Balaban J connectivity index is 1.61. The van der Waals surface area contributed by atoms with E-state index in [1.165, 1.54) is 6.20 Å². The number of halogens is 1. The van der Waals surface area contributed by atoms with Crippen LogP contribution < -0.4 is 21.1 Å². The number of nitrogens with zero attached hydrogens (tertiary/aromatic N) is 2. The molecule has 7 nitrogen and oxygen atoms in total. The van der Waals surface area contributed by atoms with Crippen LogP contribution in [0.25, 0.3) is 0 Å². The van der Waals surface area contributed by atoms with Crippen molar-refractivity contribution in [2.75, 3.05) is 31.0 Å². The fraction of sp³-hybridized carbons (Fsp3) is 0.474. The summed E-state index contributed by atoms with van der Waals surface area (Å²) < 4.78 is 24.6. The second kappa shape index (κ2) is 9.48. The molecule has 0 aliphatic heterocycles. The molecule has 4 N–H and O–H groups in total. The van der Waals surface area contributed by atoms with Crippen LogP contribution in [0.5, 0.6) is 5.75 Å². The van der Waals surface area contributed by atoms with Gasteiger partial charge in [0, 0.05) is 24.9 Å². The number of hydrogen-bond donors (Lipinski definition) is 3. The summed E-state index contributed by atoms with van der Waals surface area (Å²) in [6, 6.07) is 7.66. The second-order valence-electron chi connectivity index (χ2n) is 6.65. The average molecular weight is 375 g/mol. The molecule has 1 heterocycles. The molecule has 1 saturated carbocycles. The molecule has 0 amide bonds. The molecule has 2 atom stereocenters. The smallest absolute Gasteiger partial charge is 0.229 e. The number of nitrogens with two attached hydrogens (primary N) is 1. The third kappa shape index (κ3) is 5.77. The summed E-state index contributed by atoms with van der Waals surface area (Å²) in [6.45, 7) is 1.02. The largest absolute Gasteiger partial charge is 0.491 e. The van der Waals surface area contributed by atoms with Crippen molar-refractivity contribution in [3.05, 3.63) is 36.3 Å². The molecule has 1 aliphatic carbocycles. The molecule has 8 heteroatoms. The first kappa shape index (κ1) is 19.3. The van der Waals surface area contributed by atoms with Crippen LogP contribution in [0, 0.1) is 5.82 Å². The van der Waals surface area contributed by atoms with Crippen molar-refractivity contribution in [3.8, 4) is 5.75 Å². The quantitative estimate of drug-likeness (QED) is 0.611. The van der Waals surface area contributed by atoms with E-state index in [1.54, 1.807) is 7.11 Å². The maximum absolute atomic E-state index is 14.1. The van der Waals surface area contributed by atoms with Crippen LogP contribution in [0.1, 0.15) is 25.7 Å². The van der Waals surface area contributed by atoms with Gasteiger partial charge in [0.15, 0.2) is 11.6 Å². The molecular formula is C19H26FN5O2. The van der Waals surface area contributed by atoms with Gasteiger partial charge in [-0.15, -0.1) is 0 Å². The number of ether oxygens (including phenoxy) is 2. The van der Waals surface area contributed by atoms with Crippen LogP contribution >= 0.6 is 0 Å². The summed E-state index contributed by atoms with van der Waals surface area (Å²) in [7, 11) is 1.63. The predicted octanol–water partition coefficient (Wildman–Crippen LogP) is 3.07. The van der Waals surface area contributed by atoms with Crippen LogP contribution in [0.2, 0.25) is 0 Å². The van der Waals surface area contributed by atoms with Crippen molar-refractivity contribution in [1.82, 2.24) is 9.97 Å². The summed E-state index contributed by atoms with van der Waals surface area (Å²) in [5.74, 6) is 0.799. The minimum absolute atomic E-state index is 0.134. The number of benzene rings is 1. The van der Waals surface area contributed by atoms with Crippen molar-refractivity contribution in [2.45, 2.75) is 37.8 Å². The highest BCUT2D eigenvalue weighted by atomic mass is 19.1. The molecule has 0 bridgehead atoms. The Morgan fingerprint density at radius 1 is 1.22 bits per heavy atom. The van der Waals surface area contributed by atoms with Gasteiger partial charge in [0.05, 0.1) is 12.8 Å². The fourth-order valence-corrected chi connectivity index (χ4v) is 3.09. The maximum atomic E-state index is 14.1. The van der Waals surface area contributed by atoms with Gasteiger partial charge in [0.1, 0.15) is 12.4 Å². The summed E-state index contributed by atoms with van der Waals surface area (Å²) >= 11 is 0. The van der Waals surface area contributed by atoms with E-state index in [9.17, 15) is 4.39 Å². The SMILES string of the molecule is COCCOc1ccc(Nc2ncc(F)c(NC3CCCC(N)C3)n2)cc1. The van der Waals surface area contributed by atoms with Crippen molar-refractivity contribution in [1.29, 1.82) is 0 Å². The molecular weight excluding hydrogens is 349 g/mol. The van der Waals surface area contributed by atoms with Gasteiger partial charge in [0.25, 0.3) is 0 Å². The lowest BCUT2D eigenvalue weighted by Crippen LogP contribution is -2.35. The van der Waals surface area contributed by atoms with E-state index in [-0.39, 0.29) is 17.9 Å². The molecule has 0 radical (unpaired) electrons. The zero-order chi connectivity index (χ0) is 19.1. The maximum Gasteiger partial charge on any atom is 0.229 e. The third-order valence-corrected chi connectivity index (χ3v) is 4.47. The minimum atomic E-state index is -0.471. The molecule has 27 heavy (non-hydrogen) atoms. The topological polar surface area (TPSA) is 94.3 Å². The van der Waals surface area contributed by atoms with Crippen LogP contribution in [-0.4, -0.2) is 42.4 Å². The Labute approximate surface area is 158 Å². The van der Waals surface area contributed by atoms with Crippen LogP contribution in [0.3, 0.4) is 0 Å². The lowest BCUT2D eigenvalue weighted by atomic mass is 9.92. The molecule has 0 saturated heterocycles. The third-order valence-electron chi connectivity index (χ3n) is 4.47. The highest BCUT2D eigenvalue weighted by Crippen LogP contribution is 2.23. The number of rotatable bonds is 8. The minimum Gasteiger partial charge on any atom is -0.491 e. The predicted molar refractivity (Wildman–Crippen MR) is 103 cm³/mol. The van der Waals surface area contributed by atoms with E-state index in [1.807, 2.05) is 24.3 Å². The molecule has 2 aromatic rings. The highest BCUT2D eigenvalue weighted by molar-refractivity contribution is 5.56. The van der Waals surface area contributed by atoms with Crippen molar-refractivity contribution < 1.29 is 13.9 Å². The first-order chi connectivity index (χ1) is 13.1. The molecule has 3 rings (SSSR count). The number of aromatic nitrogens is 2. The van der Waals surface area contributed by atoms with Crippen LogP contribution in [0.15, 0.2) is 30.5 Å². The molecule has 1 aromatic carbocycles. The fourth-order valence-electron chi connectivity index (χ4n) is 3.09. The van der Waals surface area contributed by atoms with Crippen LogP contribution in [-0.2, 0) is 4.74 Å². The molecule has 1 aliphatic rings. The standard InChI is InChI=1S/C19H26FN5O2/c1-26-9-10-27-16-7-5-14(6-8-16)24-19-22-12-17(20)18(25-19)23-15-4-2-3-13(21)11-15/h5-8,12-13,15H,2-4,9-11,21H2,1H3,(H2,22,23,24,25). The van der Waals surface area contributed by atoms with Crippen molar-refractivity contribution in [2.24, 2.45) is 5.73 Å². The number of hydrogen-bond acceptors (Lipinski definition) is 7. The Bertz CT molecular complexity index is 729. The van der Waals surface area contributed by atoms with E-state index in [0.29, 0.717) is 19.2 Å². The van der Waals surface area contributed by atoms with Gasteiger partial charge in [-0.3, -0.25) is 0 Å². The molecule has 1 fully saturated rings. The second-order valence-corrected chi connectivity index (χ2v) is 6.65. The average Bonchev–Trinajstić information content (AvgIpc) is 2.66. The van der Waals surface area contributed by atoms with Gasteiger partial charge in [-0.25, -0.2) is 9.37 Å². The summed E-state index contributed by atoms with van der Waals surface area (Å²) in [6.07, 6.45) is 5.00. The Morgan fingerprint density at radius 2 is 2.04 bits per heavy atom. The summed E-state index contributed by atoms with van der Waals surface area (Å²) in [5.41, 5.74) is 6.79. The van der Waals surface area contributed by atoms with Gasteiger partial charge in [-0.2, -0.15) is 4.98 Å². The lowest BCUT2D eigenvalue weighted by molar-refractivity contribution is 0.146. The van der Waals surface area contributed by atoms with Gasteiger partial charge in [-0.05, 0) is 49.9 Å². The highest BCUT2D eigenvalue weighted by Gasteiger charge is 2.20. The van der Waals surface area contributed by atoms with Gasteiger partial charge >= 0.3 is 0 Å². The summed E-state index contributed by atoms with van der Waals surface area (Å²) in [5, 5.41) is 6.24. The van der Waals surface area contributed by atoms with Crippen molar-refractivity contribution >= 4 is 17.5 Å². The first-order valence-electron chi connectivity index (χ1n) is 9.17. The zero-order valence-electron chi connectivity index (χ0n) is 15.5. The van der Waals surface area contributed by atoms with E-state index >= 15 is 0 Å². The molecule has 1 aromatic heterocycles. The van der Waals surface area contributed by atoms with E-state index < -0.39 is 5.82 Å². The van der Waals surface area contributed by atoms with Crippen molar-refractivity contribution in [3.63, 3.8) is 0 Å².